The fourth-order valence-corrected chi connectivity index (χ4v) is 1.65. The zero-order valence-corrected chi connectivity index (χ0v) is 10.6. The van der Waals surface area contributed by atoms with E-state index < -0.39 is 0 Å². The lowest BCUT2D eigenvalue weighted by Gasteiger charge is -2.08. The van der Waals surface area contributed by atoms with Gasteiger partial charge in [-0.25, -0.2) is 9.97 Å². The third-order valence-electron chi connectivity index (χ3n) is 2.47. The van der Waals surface area contributed by atoms with Gasteiger partial charge in [0.05, 0.1) is 6.61 Å². The zero-order valence-electron chi connectivity index (χ0n) is 10.6. The van der Waals surface area contributed by atoms with Crippen LogP contribution in [0.3, 0.4) is 0 Å². The minimum absolute atomic E-state index is 0.295. The summed E-state index contributed by atoms with van der Waals surface area (Å²) in [5.41, 5.74) is 1.35. The molecule has 0 saturated heterocycles. The molecule has 1 heterocycles. The average Bonchev–Trinajstić information content (AvgIpc) is 2.46. The summed E-state index contributed by atoms with van der Waals surface area (Å²) >= 11 is 0. The van der Waals surface area contributed by atoms with Gasteiger partial charge < -0.3 is 10.1 Å². The Morgan fingerprint density at radius 2 is 2.16 bits per heavy atom. The summed E-state index contributed by atoms with van der Waals surface area (Å²) in [5, 5.41) is 12.0. The molecule has 2 rings (SSSR count). The molecule has 2 aromatic rings. The maximum Gasteiger partial charge on any atom is 0.182 e. The van der Waals surface area contributed by atoms with Crippen LogP contribution in [0.4, 0.5) is 5.82 Å². The molecule has 19 heavy (non-hydrogen) atoms. The Balaban J connectivity index is 2.06. The van der Waals surface area contributed by atoms with E-state index >= 15 is 0 Å². The van der Waals surface area contributed by atoms with Crippen molar-refractivity contribution < 1.29 is 4.74 Å². The predicted octanol–water partition coefficient (Wildman–Crippen LogP) is 2.36. The molecule has 1 N–H and O–H groups in total. The molecule has 5 heteroatoms. The molecule has 0 saturated carbocycles. The highest BCUT2D eigenvalue weighted by atomic mass is 16.5. The highest BCUT2D eigenvalue weighted by Gasteiger charge is 2.03. The van der Waals surface area contributed by atoms with E-state index in [0.29, 0.717) is 24.7 Å². The van der Waals surface area contributed by atoms with Gasteiger partial charge in [-0.15, -0.1) is 0 Å². The van der Waals surface area contributed by atoms with E-state index in [9.17, 15) is 0 Å². The molecular weight excluding hydrogens is 240 g/mol. The van der Waals surface area contributed by atoms with E-state index in [4.69, 9.17) is 10.00 Å². The summed E-state index contributed by atoms with van der Waals surface area (Å²) in [6.07, 6.45) is 3.05. The number of nitrogens with one attached hydrogen (secondary N) is 1. The number of benzene rings is 1. The summed E-state index contributed by atoms with van der Waals surface area (Å²) in [7, 11) is 0. The lowest BCUT2D eigenvalue weighted by Crippen LogP contribution is -2.04. The minimum Gasteiger partial charge on any atom is -0.494 e. The van der Waals surface area contributed by atoms with Gasteiger partial charge in [-0.05, 0) is 24.6 Å². The Bertz CT molecular complexity index is 592. The molecule has 1 aromatic heterocycles. The molecule has 0 bridgehead atoms. The molecule has 0 aliphatic rings. The van der Waals surface area contributed by atoms with Crippen molar-refractivity contribution in [2.75, 3.05) is 11.9 Å². The number of nitrogens with zero attached hydrogens (tertiary/aromatic N) is 3. The lowest BCUT2D eigenvalue weighted by atomic mass is 10.2. The Morgan fingerprint density at radius 1 is 1.32 bits per heavy atom. The van der Waals surface area contributed by atoms with Crippen molar-refractivity contribution in [2.45, 2.75) is 13.5 Å². The Kier molecular flexibility index (Phi) is 4.29. The summed E-state index contributed by atoms with van der Waals surface area (Å²) in [6, 6.07) is 9.79. The maximum atomic E-state index is 8.92. The summed E-state index contributed by atoms with van der Waals surface area (Å²) in [6.45, 7) is 3.15. The summed E-state index contributed by atoms with van der Waals surface area (Å²) in [4.78, 5) is 8.04. The number of ether oxygens (including phenoxy) is 1. The van der Waals surface area contributed by atoms with Crippen molar-refractivity contribution in [3.8, 4) is 11.8 Å². The van der Waals surface area contributed by atoms with E-state index in [1.54, 1.807) is 6.20 Å². The second kappa shape index (κ2) is 6.36. The molecule has 0 radical (unpaired) electrons. The van der Waals surface area contributed by atoms with Crippen LogP contribution in [0.5, 0.6) is 5.75 Å². The van der Waals surface area contributed by atoms with Gasteiger partial charge >= 0.3 is 0 Å². The highest BCUT2D eigenvalue weighted by molar-refractivity contribution is 5.47. The van der Waals surface area contributed by atoms with Crippen LogP contribution in [-0.4, -0.2) is 16.6 Å². The van der Waals surface area contributed by atoms with Crippen molar-refractivity contribution in [3.63, 3.8) is 0 Å². The summed E-state index contributed by atoms with van der Waals surface area (Å²) < 4.78 is 5.44. The highest BCUT2D eigenvalue weighted by Crippen LogP contribution is 2.15. The van der Waals surface area contributed by atoms with Crippen molar-refractivity contribution in [1.29, 1.82) is 5.26 Å². The average molecular weight is 254 g/mol. The molecule has 0 amide bonds. The fraction of sp³-hybridized carbons (Fsp3) is 0.214. The first kappa shape index (κ1) is 12.8. The van der Waals surface area contributed by atoms with Crippen LogP contribution >= 0.6 is 0 Å². The molecule has 0 aliphatic heterocycles. The number of rotatable bonds is 5. The molecule has 0 atom stereocenters. The Morgan fingerprint density at radius 3 is 2.95 bits per heavy atom. The molecule has 5 nitrogen and oxygen atoms in total. The maximum absolute atomic E-state index is 8.92. The van der Waals surface area contributed by atoms with Gasteiger partial charge in [0, 0.05) is 18.9 Å². The number of hydrogen-bond donors (Lipinski definition) is 1. The van der Waals surface area contributed by atoms with E-state index in [2.05, 4.69) is 15.3 Å². The van der Waals surface area contributed by atoms with Gasteiger partial charge in [0.1, 0.15) is 11.8 Å². The normalized spacial score (nSPS) is 9.68. The number of hydrogen-bond acceptors (Lipinski definition) is 5. The third kappa shape index (κ3) is 3.42. The molecule has 1 aromatic carbocycles. The van der Waals surface area contributed by atoms with Crippen molar-refractivity contribution in [3.05, 3.63) is 47.9 Å². The predicted molar refractivity (Wildman–Crippen MR) is 71.7 cm³/mol. The molecule has 0 fully saturated rings. The molecular formula is C14H14N4O. The van der Waals surface area contributed by atoms with Crippen LogP contribution in [0.25, 0.3) is 0 Å². The van der Waals surface area contributed by atoms with E-state index in [0.717, 1.165) is 11.3 Å². The van der Waals surface area contributed by atoms with Gasteiger partial charge in [0.25, 0.3) is 0 Å². The van der Waals surface area contributed by atoms with Gasteiger partial charge in [-0.1, -0.05) is 12.1 Å². The van der Waals surface area contributed by atoms with E-state index in [-0.39, 0.29) is 0 Å². The van der Waals surface area contributed by atoms with Crippen LogP contribution in [-0.2, 0) is 6.54 Å². The first-order valence-corrected chi connectivity index (χ1v) is 6.00. The Labute approximate surface area is 111 Å². The van der Waals surface area contributed by atoms with Gasteiger partial charge in [-0.2, -0.15) is 5.26 Å². The minimum atomic E-state index is 0.295. The van der Waals surface area contributed by atoms with Crippen LogP contribution < -0.4 is 10.1 Å². The second-order valence-electron chi connectivity index (χ2n) is 3.80. The summed E-state index contributed by atoms with van der Waals surface area (Å²) in [5.74, 6) is 1.33. The third-order valence-corrected chi connectivity index (χ3v) is 2.47. The van der Waals surface area contributed by atoms with Crippen molar-refractivity contribution >= 4 is 5.82 Å². The largest absolute Gasteiger partial charge is 0.494 e. The first-order valence-electron chi connectivity index (χ1n) is 6.00. The monoisotopic (exact) mass is 254 g/mol. The smallest absolute Gasteiger partial charge is 0.182 e. The van der Waals surface area contributed by atoms with E-state index in [1.165, 1.54) is 6.20 Å². The van der Waals surface area contributed by atoms with Gasteiger partial charge in [0.15, 0.2) is 11.5 Å². The number of aromatic nitrogens is 2. The standard InChI is InChI=1S/C14H14N4O/c1-2-19-12-5-3-4-11(8-12)10-18-14-13(9-15)16-6-7-17-14/h3-8H,2,10H2,1H3,(H,17,18). The van der Waals surface area contributed by atoms with Crippen molar-refractivity contribution in [2.24, 2.45) is 0 Å². The zero-order chi connectivity index (χ0) is 13.5. The lowest BCUT2D eigenvalue weighted by molar-refractivity contribution is 0.340. The van der Waals surface area contributed by atoms with Crippen molar-refractivity contribution in [1.82, 2.24) is 9.97 Å². The van der Waals surface area contributed by atoms with Crippen LogP contribution in [0, 0.1) is 11.3 Å². The molecule has 0 unspecified atom stereocenters. The first-order chi connectivity index (χ1) is 9.33. The second-order valence-corrected chi connectivity index (χ2v) is 3.80. The Hall–Kier alpha value is -2.61. The fourth-order valence-electron chi connectivity index (χ4n) is 1.65. The SMILES string of the molecule is CCOc1cccc(CNc2nccnc2C#N)c1. The van der Waals surface area contributed by atoms with Gasteiger partial charge in [-0.3, -0.25) is 0 Å². The quantitative estimate of drug-likeness (QED) is 0.886. The number of anilines is 1. The molecule has 0 aliphatic carbocycles. The molecule has 0 spiro atoms. The van der Waals surface area contributed by atoms with E-state index in [1.807, 2.05) is 37.3 Å². The van der Waals surface area contributed by atoms with Crippen LogP contribution in [0.2, 0.25) is 0 Å². The number of nitriles is 1. The topological polar surface area (TPSA) is 70.8 Å². The molecule has 96 valence electrons. The van der Waals surface area contributed by atoms with Crippen LogP contribution in [0.1, 0.15) is 18.2 Å². The van der Waals surface area contributed by atoms with Crippen LogP contribution in [0.15, 0.2) is 36.7 Å². The van der Waals surface area contributed by atoms with Gasteiger partial charge in [0.2, 0.25) is 0 Å².